The second-order valence-corrected chi connectivity index (χ2v) is 10.7. The van der Waals surface area contributed by atoms with E-state index in [0.29, 0.717) is 28.4 Å². The first-order valence-corrected chi connectivity index (χ1v) is 16.5. The van der Waals surface area contributed by atoms with Crippen LogP contribution >= 0.6 is 58.5 Å². The summed E-state index contributed by atoms with van der Waals surface area (Å²) in [5, 5.41) is 32.8. The van der Waals surface area contributed by atoms with Gasteiger partial charge in [-0.05, 0) is 62.4 Å². The summed E-state index contributed by atoms with van der Waals surface area (Å²) in [6.45, 7) is 9.05. The third-order valence-corrected chi connectivity index (χ3v) is 7.51. The molecule has 2 N–H and O–H groups in total. The Morgan fingerprint density at radius 1 is 0.927 bits per heavy atom. The highest BCUT2D eigenvalue weighted by Crippen LogP contribution is 2.22. The third-order valence-electron chi connectivity index (χ3n) is 4.26. The van der Waals surface area contributed by atoms with Crippen molar-refractivity contribution in [3.63, 3.8) is 0 Å². The number of rotatable bonds is 12. The van der Waals surface area contributed by atoms with E-state index in [0.717, 1.165) is 40.9 Å². The van der Waals surface area contributed by atoms with Crippen molar-refractivity contribution in [3.05, 3.63) is 100.0 Å². The molecule has 2 heterocycles. The number of thioether (sulfide) groups is 3. The molecule has 0 saturated heterocycles. The van der Waals surface area contributed by atoms with Gasteiger partial charge in [0.25, 0.3) is 12.4 Å². The molecule has 0 aliphatic heterocycles. The van der Waals surface area contributed by atoms with Crippen molar-refractivity contribution < 1.29 is 15.0 Å². The number of nitrogens with one attached hydrogen (secondary N) is 1. The highest BCUT2D eigenvalue weighted by Gasteiger charge is 2.11. The number of aliphatic hydroxyl groups excluding tert-OH is 1. The first-order chi connectivity index (χ1) is 19.5. The molecule has 0 atom stereocenters. The highest BCUT2D eigenvalue weighted by molar-refractivity contribution is 8.21. The maximum Gasteiger partial charge on any atom is 0.264 e. The Hall–Kier alpha value is -2.07. The molecule has 0 spiro atoms. The average molecular weight is 670 g/mol. The molecule has 16 heteroatoms. The van der Waals surface area contributed by atoms with E-state index in [1.54, 1.807) is 31.5 Å². The van der Waals surface area contributed by atoms with Gasteiger partial charge in [-0.15, -0.1) is 35.3 Å². The van der Waals surface area contributed by atoms with Crippen LogP contribution in [0.25, 0.3) is 0 Å². The number of aromatic nitrogens is 2. The minimum atomic E-state index is -0.442. The number of hydrogen-bond donors (Lipinski definition) is 2. The smallest absolute Gasteiger partial charge is 0.264 e. The molecule has 2 aromatic rings. The van der Waals surface area contributed by atoms with E-state index < -0.39 is 9.85 Å². The second kappa shape index (κ2) is 26.8. The molecule has 0 aliphatic carbocycles. The standard InChI is InChI=1S/C11H14ClN3O2S.C8H11ClN2.C4H7NO2S2.C2H6O/c1-3-14(11(18-2)8-15(16)17)7-9-4-5-10(12)13-6-9;1-2-10-5-7-3-4-8(9)11-6-7;1-8-4(9-2)3-5(6)7;1-2-3/h4-6,8H,3,7H2,1-2H3;3-4,6,10H,2,5H2,1H3;3H,1-2H3;3H,2H2,1H3/b11-8-;;;. The second-order valence-electron chi connectivity index (χ2n) is 7.19. The van der Waals surface area contributed by atoms with Crippen molar-refractivity contribution in [2.75, 3.05) is 38.5 Å². The number of pyridine rings is 2. The molecular weight excluding hydrogens is 631 g/mol. The quantitative estimate of drug-likeness (QED) is 0.142. The number of hydrogen-bond acceptors (Lipinski definition) is 12. The minimum Gasteiger partial charge on any atom is -0.397 e. The zero-order valence-electron chi connectivity index (χ0n) is 24.0. The fraction of sp³-hybridized carbons (Fsp3) is 0.440. The Balaban J connectivity index is 0. The van der Waals surface area contributed by atoms with Gasteiger partial charge in [-0.3, -0.25) is 20.2 Å². The first-order valence-electron chi connectivity index (χ1n) is 12.1. The van der Waals surface area contributed by atoms with E-state index in [4.69, 9.17) is 28.3 Å². The molecule has 0 amide bonds. The van der Waals surface area contributed by atoms with Crippen LogP contribution in [0.1, 0.15) is 31.9 Å². The fourth-order valence-corrected chi connectivity index (χ4v) is 4.39. The maximum absolute atomic E-state index is 10.5. The van der Waals surface area contributed by atoms with Gasteiger partial charge >= 0.3 is 0 Å². The summed E-state index contributed by atoms with van der Waals surface area (Å²) in [5.41, 5.74) is 2.13. The molecule has 0 aromatic carbocycles. The molecule has 2 rings (SSSR count). The van der Waals surface area contributed by atoms with Crippen LogP contribution in [0.4, 0.5) is 0 Å². The molecule has 0 bridgehead atoms. The van der Waals surface area contributed by atoms with Crippen LogP contribution in [0.2, 0.25) is 10.3 Å². The summed E-state index contributed by atoms with van der Waals surface area (Å²) >= 11 is 15.4. The predicted molar refractivity (Wildman–Crippen MR) is 175 cm³/mol. The Bertz CT molecular complexity index is 1040. The minimum absolute atomic E-state index is 0.250. The lowest BCUT2D eigenvalue weighted by Crippen LogP contribution is -2.21. The molecule has 11 nitrogen and oxygen atoms in total. The van der Waals surface area contributed by atoms with Gasteiger partial charge in [0.1, 0.15) is 19.6 Å². The van der Waals surface area contributed by atoms with Gasteiger partial charge in [0.05, 0.1) is 9.85 Å². The van der Waals surface area contributed by atoms with Crippen LogP contribution in [-0.4, -0.2) is 68.3 Å². The van der Waals surface area contributed by atoms with Crippen LogP contribution in [0.3, 0.4) is 0 Å². The molecule has 0 radical (unpaired) electrons. The number of aliphatic hydroxyl groups is 1. The molecular formula is C25H38Cl2N6O5S3. The van der Waals surface area contributed by atoms with E-state index in [9.17, 15) is 20.2 Å². The van der Waals surface area contributed by atoms with Gasteiger partial charge in [-0.2, -0.15) is 0 Å². The highest BCUT2D eigenvalue weighted by atomic mass is 35.5. The molecule has 0 fully saturated rings. The van der Waals surface area contributed by atoms with Crippen molar-refractivity contribution in [3.8, 4) is 0 Å². The molecule has 0 saturated carbocycles. The Morgan fingerprint density at radius 3 is 1.73 bits per heavy atom. The van der Waals surface area contributed by atoms with Gasteiger partial charge in [0.2, 0.25) is 0 Å². The Labute approximate surface area is 264 Å². The predicted octanol–water partition coefficient (Wildman–Crippen LogP) is 6.63. The lowest BCUT2D eigenvalue weighted by Gasteiger charge is -2.22. The summed E-state index contributed by atoms with van der Waals surface area (Å²) in [7, 11) is 0. The number of nitrogens with zero attached hydrogens (tertiary/aromatic N) is 5. The molecule has 230 valence electrons. The van der Waals surface area contributed by atoms with E-state index in [2.05, 4.69) is 22.2 Å². The van der Waals surface area contributed by atoms with E-state index >= 15 is 0 Å². The van der Waals surface area contributed by atoms with Crippen LogP contribution in [0.5, 0.6) is 0 Å². The zero-order valence-corrected chi connectivity index (χ0v) is 27.9. The SMILES string of the molecule is CCN(Cc1ccc(Cl)nc1)/C(=C/[N+](=O)[O-])SC.CCNCc1ccc(Cl)nc1.CCO.CSC(=C[N+](=O)[O-])SC. The van der Waals surface area contributed by atoms with E-state index in [1.807, 2.05) is 42.7 Å². The summed E-state index contributed by atoms with van der Waals surface area (Å²) in [6.07, 6.45) is 10.9. The Morgan fingerprint density at radius 2 is 1.41 bits per heavy atom. The van der Waals surface area contributed by atoms with Crippen molar-refractivity contribution in [1.29, 1.82) is 0 Å². The topological polar surface area (TPSA) is 148 Å². The summed E-state index contributed by atoms with van der Waals surface area (Å²) in [4.78, 5) is 29.4. The van der Waals surface area contributed by atoms with Crippen LogP contribution in [0, 0.1) is 20.2 Å². The third kappa shape index (κ3) is 23.2. The molecule has 41 heavy (non-hydrogen) atoms. The summed E-state index contributed by atoms with van der Waals surface area (Å²) in [5.74, 6) is 0. The van der Waals surface area contributed by atoms with Gasteiger partial charge in [0.15, 0.2) is 0 Å². The zero-order chi connectivity index (χ0) is 31.6. The monoisotopic (exact) mass is 668 g/mol. The van der Waals surface area contributed by atoms with Gasteiger partial charge in [-0.1, -0.05) is 42.3 Å². The first kappa shape index (κ1) is 41.1. The maximum atomic E-state index is 10.5. The summed E-state index contributed by atoms with van der Waals surface area (Å²) in [6, 6.07) is 7.34. The van der Waals surface area contributed by atoms with E-state index in [-0.39, 0.29) is 6.61 Å². The molecule has 0 aliphatic rings. The number of halogens is 2. The van der Waals surface area contributed by atoms with Gasteiger partial charge in [-0.25, -0.2) is 9.97 Å². The largest absolute Gasteiger partial charge is 0.397 e. The number of nitro groups is 2. The normalized spacial score (nSPS) is 10.0. The van der Waals surface area contributed by atoms with Crippen LogP contribution in [0.15, 0.2) is 58.3 Å². The lowest BCUT2D eigenvalue weighted by molar-refractivity contribution is -0.403. The molecule has 2 aromatic heterocycles. The molecule has 0 unspecified atom stereocenters. The van der Waals surface area contributed by atoms with Crippen molar-refractivity contribution in [2.24, 2.45) is 0 Å². The van der Waals surface area contributed by atoms with Gasteiger partial charge < -0.3 is 15.3 Å². The van der Waals surface area contributed by atoms with Crippen molar-refractivity contribution >= 4 is 58.5 Å². The van der Waals surface area contributed by atoms with Crippen LogP contribution < -0.4 is 5.32 Å². The van der Waals surface area contributed by atoms with Crippen molar-refractivity contribution in [1.82, 2.24) is 20.2 Å². The van der Waals surface area contributed by atoms with Crippen molar-refractivity contribution in [2.45, 2.75) is 33.9 Å². The van der Waals surface area contributed by atoms with Crippen LogP contribution in [-0.2, 0) is 13.1 Å². The lowest BCUT2D eigenvalue weighted by atomic mass is 10.2. The Kier molecular flexibility index (Phi) is 26.8. The van der Waals surface area contributed by atoms with Gasteiger partial charge in [0, 0.05) is 38.6 Å². The fourth-order valence-electron chi connectivity index (χ4n) is 2.47. The van der Waals surface area contributed by atoms with E-state index in [1.165, 1.54) is 35.3 Å². The average Bonchev–Trinajstić information content (AvgIpc) is 2.95. The summed E-state index contributed by atoms with van der Waals surface area (Å²) < 4.78 is 0.722.